The number of rotatable bonds is 4. The summed E-state index contributed by atoms with van der Waals surface area (Å²) in [6.45, 7) is 1.35. The minimum atomic E-state index is 0.112. The minimum Gasteiger partial charge on any atom is -0.396 e. The Morgan fingerprint density at radius 2 is 2.45 bits per heavy atom. The van der Waals surface area contributed by atoms with Crippen LogP contribution in [0.15, 0.2) is 6.20 Å². The highest BCUT2D eigenvalue weighted by atomic mass is 16.3. The van der Waals surface area contributed by atoms with E-state index in [4.69, 9.17) is 10.8 Å². The second kappa shape index (κ2) is 4.05. The zero-order valence-corrected chi connectivity index (χ0v) is 6.27. The standard InChI is InChI=1S/C6H12N4O/c7-2-3-10-5-6(1-4-11)8-9-10/h5,11H,1-4,7H2. The Morgan fingerprint density at radius 1 is 1.64 bits per heavy atom. The molecule has 0 radical (unpaired) electrons. The van der Waals surface area contributed by atoms with Gasteiger partial charge in [0.25, 0.3) is 0 Å². The molecular formula is C6H12N4O. The van der Waals surface area contributed by atoms with Crippen molar-refractivity contribution in [3.8, 4) is 0 Å². The Labute approximate surface area is 64.8 Å². The van der Waals surface area contributed by atoms with Crippen LogP contribution < -0.4 is 5.73 Å². The van der Waals surface area contributed by atoms with Gasteiger partial charge >= 0.3 is 0 Å². The average molecular weight is 156 g/mol. The molecule has 0 unspecified atom stereocenters. The fourth-order valence-electron chi connectivity index (χ4n) is 0.809. The lowest BCUT2D eigenvalue weighted by Gasteiger charge is -1.92. The lowest BCUT2D eigenvalue weighted by molar-refractivity contribution is 0.298. The van der Waals surface area contributed by atoms with E-state index in [0.717, 1.165) is 5.69 Å². The third kappa shape index (κ3) is 2.28. The summed E-state index contributed by atoms with van der Waals surface area (Å²) >= 11 is 0. The first-order valence-electron chi connectivity index (χ1n) is 3.56. The number of hydrogen-bond donors (Lipinski definition) is 2. The molecule has 62 valence electrons. The molecule has 5 heteroatoms. The fourth-order valence-corrected chi connectivity index (χ4v) is 0.809. The van der Waals surface area contributed by atoms with Crippen LogP contribution >= 0.6 is 0 Å². The van der Waals surface area contributed by atoms with E-state index >= 15 is 0 Å². The minimum absolute atomic E-state index is 0.112. The summed E-state index contributed by atoms with van der Waals surface area (Å²) < 4.78 is 1.67. The first-order chi connectivity index (χ1) is 5.36. The quantitative estimate of drug-likeness (QED) is 0.572. The molecule has 0 spiro atoms. The van der Waals surface area contributed by atoms with Gasteiger partial charge in [0.1, 0.15) is 0 Å². The maximum Gasteiger partial charge on any atom is 0.0849 e. The van der Waals surface area contributed by atoms with Gasteiger partial charge in [-0.3, -0.25) is 4.68 Å². The van der Waals surface area contributed by atoms with Gasteiger partial charge in [0.15, 0.2) is 0 Å². The maximum atomic E-state index is 8.56. The predicted molar refractivity (Wildman–Crippen MR) is 39.9 cm³/mol. The molecule has 0 saturated heterocycles. The average Bonchev–Trinajstić information content (AvgIpc) is 2.38. The summed E-state index contributed by atoms with van der Waals surface area (Å²) in [5.74, 6) is 0. The van der Waals surface area contributed by atoms with E-state index < -0.39 is 0 Å². The Morgan fingerprint density at radius 3 is 3.09 bits per heavy atom. The van der Waals surface area contributed by atoms with Gasteiger partial charge in [-0.1, -0.05) is 5.21 Å². The van der Waals surface area contributed by atoms with Crippen molar-refractivity contribution in [1.29, 1.82) is 0 Å². The van der Waals surface area contributed by atoms with Crippen LogP contribution in [0.3, 0.4) is 0 Å². The van der Waals surface area contributed by atoms with Crippen molar-refractivity contribution >= 4 is 0 Å². The zero-order valence-electron chi connectivity index (χ0n) is 6.27. The molecule has 1 heterocycles. The van der Waals surface area contributed by atoms with Crippen molar-refractivity contribution in [3.63, 3.8) is 0 Å². The molecule has 0 aliphatic rings. The van der Waals surface area contributed by atoms with Gasteiger partial charge < -0.3 is 10.8 Å². The molecule has 1 rings (SSSR count). The molecule has 11 heavy (non-hydrogen) atoms. The molecule has 1 aromatic heterocycles. The molecule has 0 amide bonds. The van der Waals surface area contributed by atoms with Gasteiger partial charge in [-0.2, -0.15) is 0 Å². The monoisotopic (exact) mass is 156 g/mol. The van der Waals surface area contributed by atoms with Gasteiger partial charge in [0.2, 0.25) is 0 Å². The molecule has 0 aliphatic carbocycles. The van der Waals surface area contributed by atoms with E-state index in [1.807, 2.05) is 0 Å². The normalized spacial score (nSPS) is 10.4. The van der Waals surface area contributed by atoms with E-state index in [-0.39, 0.29) is 6.61 Å². The van der Waals surface area contributed by atoms with Crippen molar-refractivity contribution in [3.05, 3.63) is 11.9 Å². The molecule has 0 bridgehead atoms. The number of hydrogen-bond acceptors (Lipinski definition) is 4. The van der Waals surface area contributed by atoms with E-state index in [1.165, 1.54) is 0 Å². The van der Waals surface area contributed by atoms with Crippen LogP contribution in [-0.2, 0) is 13.0 Å². The van der Waals surface area contributed by atoms with Gasteiger partial charge in [0, 0.05) is 25.8 Å². The van der Waals surface area contributed by atoms with E-state index in [1.54, 1.807) is 10.9 Å². The topological polar surface area (TPSA) is 77.0 Å². The van der Waals surface area contributed by atoms with Gasteiger partial charge in [-0.05, 0) is 0 Å². The van der Waals surface area contributed by atoms with Crippen LogP contribution in [0.25, 0.3) is 0 Å². The first kappa shape index (κ1) is 8.16. The third-order valence-electron chi connectivity index (χ3n) is 1.31. The summed E-state index contributed by atoms with van der Waals surface area (Å²) in [4.78, 5) is 0. The van der Waals surface area contributed by atoms with Crippen molar-refractivity contribution in [2.75, 3.05) is 13.2 Å². The second-order valence-corrected chi connectivity index (χ2v) is 2.24. The molecule has 0 atom stereocenters. The Bertz CT molecular complexity index is 190. The van der Waals surface area contributed by atoms with Gasteiger partial charge in [-0.15, -0.1) is 5.10 Å². The molecule has 5 nitrogen and oxygen atoms in total. The number of aromatic nitrogens is 3. The zero-order chi connectivity index (χ0) is 8.10. The smallest absolute Gasteiger partial charge is 0.0849 e. The molecule has 3 N–H and O–H groups in total. The lowest BCUT2D eigenvalue weighted by Crippen LogP contribution is -2.10. The second-order valence-electron chi connectivity index (χ2n) is 2.24. The van der Waals surface area contributed by atoms with Crippen LogP contribution in [-0.4, -0.2) is 33.3 Å². The molecule has 0 fully saturated rings. The van der Waals surface area contributed by atoms with Crippen LogP contribution in [0.1, 0.15) is 5.69 Å². The largest absolute Gasteiger partial charge is 0.396 e. The molecular weight excluding hydrogens is 144 g/mol. The molecule has 0 saturated carbocycles. The fraction of sp³-hybridized carbons (Fsp3) is 0.667. The highest BCUT2D eigenvalue weighted by Crippen LogP contribution is 1.92. The third-order valence-corrected chi connectivity index (χ3v) is 1.31. The van der Waals surface area contributed by atoms with Crippen LogP contribution in [0.4, 0.5) is 0 Å². The Hall–Kier alpha value is -0.940. The van der Waals surface area contributed by atoms with Crippen LogP contribution in [0.2, 0.25) is 0 Å². The van der Waals surface area contributed by atoms with Crippen molar-refractivity contribution < 1.29 is 5.11 Å². The maximum absolute atomic E-state index is 8.56. The van der Waals surface area contributed by atoms with E-state index in [2.05, 4.69) is 10.3 Å². The highest BCUT2D eigenvalue weighted by molar-refractivity contribution is 4.91. The SMILES string of the molecule is NCCn1cc(CCO)nn1. The molecule has 1 aromatic rings. The lowest BCUT2D eigenvalue weighted by atomic mass is 10.3. The van der Waals surface area contributed by atoms with Crippen molar-refractivity contribution in [2.24, 2.45) is 5.73 Å². The first-order valence-corrected chi connectivity index (χ1v) is 3.56. The number of aliphatic hydroxyl groups is 1. The summed E-state index contributed by atoms with van der Waals surface area (Å²) in [5, 5.41) is 16.2. The summed E-state index contributed by atoms with van der Waals surface area (Å²) in [6, 6.07) is 0. The van der Waals surface area contributed by atoms with Crippen LogP contribution in [0.5, 0.6) is 0 Å². The van der Waals surface area contributed by atoms with Crippen LogP contribution in [0, 0.1) is 0 Å². The Balaban J connectivity index is 2.51. The van der Waals surface area contributed by atoms with Crippen molar-refractivity contribution in [2.45, 2.75) is 13.0 Å². The van der Waals surface area contributed by atoms with Gasteiger partial charge in [-0.25, -0.2) is 0 Å². The summed E-state index contributed by atoms with van der Waals surface area (Å²) in [6.07, 6.45) is 2.35. The van der Waals surface area contributed by atoms with E-state index in [0.29, 0.717) is 19.5 Å². The van der Waals surface area contributed by atoms with Gasteiger partial charge in [0.05, 0.1) is 12.2 Å². The van der Waals surface area contributed by atoms with E-state index in [9.17, 15) is 0 Å². The predicted octanol–water partition coefficient (Wildman–Crippen LogP) is -1.23. The molecule has 0 aliphatic heterocycles. The highest BCUT2D eigenvalue weighted by Gasteiger charge is 1.97. The Kier molecular flexibility index (Phi) is 3.00. The number of aliphatic hydroxyl groups excluding tert-OH is 1. The molecule has 0 aromatic carbocycles. The summed E-state index contributed by atoms with van der Waals surface area (Å²) in [5.41, 5.74) is 6.11. The summed E-state index contributed by atoms with van der Waals surface area (Å²) in [7, 11) is 0. The number of nitrogens with two attached hydrogens (primary N) is 1. The number of nitrogens with zero attached hydrogens (tertiary/aromatic N) is 3. The van der Waals surface area contributed by atoms with Crippen molar-refractivity contribution in [1.82, 2.24) is 15.0 Å².